The average molecular weight is 315 g/mol. The molecule has 0 rings (SSSR count). The summed E-state index contributed by atoms with van der Waals surface area (Å²) in [5.41, 5.74) is 5.51. The lowest BCUT2D eigenvalue weighted by molar-refractivity contribution is -0.144. The fraction of sp³-hybridized carbons (Fsp3) is 0.800. The highest BCUT2D eigenvalue weighted by atomic mass is 16.4. The fourth-order valence-corrected chi connectivity index (χ4v) is 1.91. The molecule has 2 amide bonds. The number of carbonyl (C=O) groups is 3. The monoisotopic (exact) mass is 315 g/mol. The Morgan fingerprint density at radius 3 is 1.68 bits per heavy atom. The van der Waals surface area contributed by atoms with Gasteiger partial charge in [-0.3, -0.25) is 9.59 Å². The van der Waals surface area contributed by atoms with Gasteiger partial charge in [-0.05, 0) is 18.8 Å². The third kappa shape index (κ3) is 6.01. The molecule has 0 radical (unpaired) electrons. The van der Waals surface area contributed by atoms with Crippen LogP contribution in [0, 0.1) is 11.8 Å². The van der Waals surface area contributed by atoms with E-state index >= 15 is 0 Å². The van der Waals surface area contributed by atoms with Crippen LogP contribution in [-0.4, -0.2) is 41.0 Å². The lowest BCUT2D eigenvalue weighted by atomic mass is 9.95. The Bertz CT molecular complexity index is 398. The van der Waals surface area contributed by atoms with E-state index in [0.29, 0.717) is 12.8 Å². The molecule has 0 saturated carbocycles. The number of hydrogen-bond donors (Lipinski definition) is 4. The molecule has 0 heterocycles. The molecule has 7 heteroatoms. The number of carbonyl (C=O) groups excluding carboxylic acids is 2. The Morgan fingerprint density at radius 2 is 1.32 bits per heavy atom. The van der Waals surface area contributed by atoms with Crippen molar-refractivity contribution in [1.82, 2.24) is 10.6 Å². The number of rotatable bonds is 9. The maximum Gasteiger partial charge on any atom is 0.326 e. The number of carboxylic acids is 1. The molecular formula is C15H29N3O4. The first kappa shape index (κ1) is 20.4. The lowest BCUT2D eigenvalue weighted by Gasteiger charge is -2.27. The van der Waals surface area contributed by atoms with E-state index in [0.717, 1.165) is 0 Å². The number of amides is 2. The molecule has 0 fully saturated rings. The lowest BCUT2D eigenvalue weighted by Crippen LogP contribution is -2.57. The van der Waals surface area contributed by atoms with E-state index in [-0.39, 0.29) is 11.8 Å². The van der Waals surface area contributed by atoms with Crippen molar-refractivity contribution in [1.29, 1.82) is 0 Å². The first-order chi connectivity index (χ1) is 10.1. The Balaban J connectivity index is 5.10. The Kier molecular flexibility index (Phi) is 8.70. The summed E-state index contributed by atoms with van der Waals surface area (Å²) in [4.78, 5) is 35.5. The van der Waals surface area contributed by atoms with Gasteiger partial charge in [0.15, 0.2) is 0 Å². The van der Waals surface area contributed by atoms with E-state index in [1.165, 1.54) is 6.92 Å². The summed E-state index contributed by atoms with van der Waals surface area (Å²) in [5.74, 6) is -2.34. The second-order valence-corrected chi connectivity index (χ2v) is 5.87. The quantitative estimate of drug-likeness (QED) is 0.493. The molecule has 5 N–H and O–H groups in total. The van der Waals surface area contributed by atoms with Crippen molar-refractivity contribution in [3.8, 4) is 0 Å². The van der Waals surface area contributed by atoms with Gasteiger partial charge in [-0.15, -0.1) is 0 Å². The van der Waals surface area contributed by atoms with Crippen molar-refractivity contribution in [3.05, 3.63) is 0 Å². The number of nitrogens with two attached hydrogens (primary N) is 1. The van der Waals surface area contributed by atoms with E-state index in [4.69, 9.17) is 5.73 Å². The van der Waals surface area contributed by atoms with Crippen molar-refractivity contribution in [2.45, 2.75) is 65.6 Å². The number of carboxylic acid groups (broad SMARTS) is 1. The number of hydrogen-bond acceptors (Lipinski definition) is 4. The largest absolute Gasteiger partial charge is 0.480 e. The van der Waals surface area contributed by atoms with Crippen molar-refractivity contribution < 1.29 is 19.5 Å². The predicted molar refractivity (Wildman–Crippen MR) is 84.1 cm³/mol. The standard InChI is InChI=1S/C15H29N3O4/c1-6-8(3)11(17-13(19)10(5)16)14(20)18-12(15(21)22)9(4)7-2/h8-12H,6-7,16H2,1-5H3,(H,17,19)(H,18,20)(H,21,22)/t8-,9-,10-,11-,12-/m0/s1. The van der Waals surface area contributed by atoms with Crippen LogP contribution >= 0.6 is 0 Å². The van der Waals surface area contributed by atoms with Crippen LogP contribution in [0.1, 0.15) is 47.5 Å². The molecule has 5 atom stereocenters. The molecule has 0 aliphatic heterocycles. The summed E-state index contributed by atoms with van der Waals surface area (Å²) in [6, 6.07) is -2.50. The zero-order valence-electron chi connectivity index (χ0n) is 14.1. The van der Waals surface area contributed by atoms with Crippen molar-refractivity contribution in [2.24, 2.45) is 17.6 Å². The molecule has 0 aliphatic rings. The highest BCUT2D eigenvalue weighted by Gasteiger charge is 2.32. The van der Waals surface area contributed by atoms with Crippen LogP contribution in [0.3, 0.4) is 0 Å². The minimum Gasteiger partial charge on any atom is -0.480 e. The molecular weight excluding hydrogens is 286 g/mol. The molecule has 0 saturated heterocycles. The van der Waals surface area contributed by atoms with Crippen LogP contribution in [-0.2, 0) is 14.4 Å². The third-order valence-corrected chi connectivity index (χ3v) is 3.98. The van der Waals surface area contributed by atoms with Crippen LogP contribution in [0.25, 0.3) is 0 Å². The Morgan fingerprint density at radius 1 is 0.909 bits per heavy atom. The molecule has 128 valence electrons. The number of nitrogens with one attached hydrogen (secondary N) is 2. The summed E-state index contributed by atoms with van der Waals surface area (Å²) < 4.78 is 0. The smallest absolute Gasteiger partial charge is 0.326 e. The normalized spacial score (nSPS) is 17.7. The highest BCUT2D eigenvalue weighted by molar-refractivity contribution is 5.91. The van der Waals surface area contributed by atoms with Gasteiger partial charge in [-0.2, -0.15) is 0 Å². The first-order valence-electron chi connectivity index (χ1n) is 7.74. The molecule has 0 unspecified atom stereocenters. The van der Waals surface area contributed by atoms with Gasteiger partial charge in [-0.25, -0.2) is 4.79 Å². The van der Waals surface area contributed by atoms with E-state index < -0.39 is 35.9 Å². The Hall–Kier alpha value is -1.63. The SMILES string of the molecule is CC[C@H](C)[C@H](NC(=O)[C@@H](NC(=O)[C@H](C)N)[C@@H](C)CC)C(=O)O. The van der Waals surface area contributed by atoms with E-state index in [1.807, 2.05) is 20.8 Å². The van der Waals surface area contributed by atoms with E-state index in [2.05, 4.69) is 10.6 Å². The van der Waals surface area contributed by atoms with Gasteiger partial charge in [0.25, 0.3) is 0 Å². The van der Waals surface area contributed by atoms with Crippen molar-refractivity contribution >= 4 is 17.8 Å². The topological polar surface area (TPSA) is 122 Å². The zero-order valence-corrected chi connectivity index (χ0v) is 14.1. The second kappa shape index (κ2) is 9.40. The van der Waals surface area contributed by atoms with Crippen LogP contribution in [0.15, 0.2) is 0 Å². The average Bonchev–Trinajstić information content (AvgIpc) is 2.47. The summed E-state index contributed by atoms with van der Waals surface area (Å²) in [6.45, 7) is 8.87. The van der Waals surface area contributed by atoms with E-state index in [1.54, 1.807) is 6.92 Å². The molecule has 0 spiro atoms. The van der Waals surface area contributed by atoms with Gasteiger partial charge in [0.2, 0.25) is 11.8 Å². The highest BCUT2D eigenvalue weighted by Crippen LogP contribution is 2.12. The summed E-state index contributed by atoms with van der Waals surface area (Å²) >= 11 is 0. The first-order valence-corrected chi connectivity index (χ1v) is 7.74. The van der Waals surface area contributed by atoms with Gasteiger partial charge >= 0.3 is 5.97 Å². The van der Waals surface area contributed by atoms with Crippen LogP contribution in [0.5, 0.6) is 0 Å². The maximum absolute atomic E-state index is 12.4. The molecule has 7 nitrogen and oxygen atoms in total. The van der Waals surface area contributed by atoms with Crippen LogP contribution in [0.2, 0.25) is 0 Å². The predicted octanol–water partition coefficient (Wildman–Crippen LogP) is 0.480. The summed E-state index contributed by atoms with van der Waals surface area (Å²) in [6.07, 6.45) is 1.29. The molecule has 0 aromatic heterocycles. The third-order valence-electron chi connectivity index (χ3n) is 3.98. The van der Waals surface area contributed by atoms with Gasteiger partial charge < -0.3 is 21.5 Å². The summed E-state index contributed by atoms with van der Waals surface area (Å²) in [5, 5.41) is 14.4. The molecule has 0 aliphatic carbocycles. The number of aliphatic carboxylic acids is 1. The second-order valence-electron chi connectivity index (χ2n) is 5.87. The zero-order chi connectivity index (χ0) is 17.4. The van der Waals surface area contributed by atoms with Gasteiger partial charge in [0, 0.05) is 0 Å². The maximum atomic E-state index is 12.4. The van der Waals surface area contributed by atoms with E-state index in [9.17, 15) is 19.5 Å². The molecule has 0 bridgehead atoms. The molecule has 0 aromatic carbocycles. The van der Waals surface area contributed by atoms with Crippen molar-refractivity contribution in [2.75, 3.05) is 0 Å². The van der Waals surface area contributed by atoms with Crippen LogP contribution < -0.4 is 16.4 Å². The van der Waals surface area contributed by atoms with Crippen molar-refractivity contribution in [3.63, 3.8) is 0 Å². The minimum absolute atomic E-state index is 0.130. The molecule has 0 aromatic rings. The van der Waals surface area contributed by atoms with Gasteiger partial charge in [0.05, 0.1) is 6.04 Å². The fourth-order valence-electron chi connectivity index (χ4n) is 1.91. The summed E-state index contributed by atoms with van der Waals surface area (Å²) in [7, 11) is 0. The molecule has 22 heavy (non-hydrogen) atoms. The van der Waals surface area contributed by atoms with Gasteiger partial charge in [-0.1, -0.05) is 40.5 Å². The van der Waals surface area contributed by atoms with Crippen LogP contribution in [0.4, 0.5) is 0 Å². The Labute approximate surface area is 132 Å². The van der Waals surface area contributed by atoms with Gasteiger partial charge in [0.1, 0.15) is 12.1 Å². The minimum atomic E-state index is -1.08.